The van der Waals surface area contributed by atoms with Crippen LogP contribution in [-0.2, 0) is 35.6 Å². The van der Waals surface area contributed by atoms with Crippen molar-refractivity contribution < 1.29 is 14.3 Å². The third-order valence-corrected chi connectivity index (χ3v) is 7.36. The minimum absolute atomic E-state index is 0.166. The standard InChI is InChI=1S/C23H35N5O3/c1-17-15-19(18(2)27(17)13-14-30-3)22(29)26-10-7-23(8-11-26)6-5-20-24-25-21(16-31-4)28(20)12-9-23/h15H,5-14,16H2,1-4H3. The summed E-state index contributed by atoms with van der Waals surface area (Å²) in [5.41, 5.74) is 3.28. The maximum absolute atomic E-state index is 13.3. The van der Waals surface area contributed by atoms with Crippen molar-refractivity contribution in [2.45, 2.75) is 65.6 Å². The van der Waals surface area contributed by atoms with Crippen LogP contribution < -0.4 is 0 Å². The Kier molecular flexibility index (Phi) is 6.48. The average molecular weight is 430 g/mol. The molecule has 1 fully saturated rings. The molecule has 1 saturated heterocycles. The van der Waals surface area contributed by atoms with Crippen LogP contribution in [0.15, 0.2) is 6.07 Å². The zero-order valence-corrected chi connectivity index (χ0v) is 19.3. The van der Waals surface area contributed by atoms with Gasteiger partial charge in [0.2, 0.25) is 0 Å². The van der Waals surface area contributed by atoms with E-state index in [9.17, 15) is 4.79 Å². The molecule has 0 unspecified atom stereocenters. The fourth-order valence-electron chi connectivity index (χ4n) is 5.30. The normalized spacial score (nSPS) is 18.3. The molecule has 2 aromatic heterocycles. The summed E-state index contributed by atoms with van der Waals surface area (Å²) < 4.78 is 14.9. The fraction of sp³-hybridized carbons (Fsp3) is 0.696. The minimum atomic E-state index is 0.166. The van der Waals surface area contributed by atoms with Crippen molar-refractivity contribution in [1.29, 1.82) is 0 Å². The van der Waals surface area contributed by atoms with Crippen molar-refractivity contribution in [2.24, 2.45) is 5.41 Å². The number of fused-ring (bicyclic) bond motifs is 1. The molecule has 0 bridgehead atoms. The van der Waals surface area contributed by atoms with Crippen LogP contribution in [0.25, 0.3) is 0 Å². The van der Waals surface area contributed by atoms with Crippen LogP contribution in [0.4, 0.5) is 0 Å². The number of carbonyl (C=O) groups is 1. The first-order valence-electron chi connectivity index (χ1n) is 11.3. The molecular weight excluding hydrogens is 394 g/mol. The quantitative estimate of drug-likeness (QED) is 0.706. The summed E-state index contributed by atoms with van der Waals surface area (Å²) >= 11 is 0. The molecule has 1 amide bonds. The predicted molar refractivity (Wildman–Crippen MR) is 117 cm³/mol. The lowest BCUT2D eigenvalue weighted by molar-refractivity contribution is 0.0533. The molecule has 0 aliphatic carbocycles. The summed E-state index contributed by atoms with van der Waals surface area (Å²) in [6.45, 7) is 8.62. The van der Waals surface area contributed by atoms with E-state index in [1.54, 1.807) is 14.2 Å². The molecule has 170 valence electrons. The van der Waals surface area contributed by atoms with E-state index >= 15 is 0 Å². The minimum Gasteiger partial charge on any atom is -0.383 e. The highest BCUT2D eigenvalue weighted by atomic mass is 16.5. The van der Waals surface area contributed by atoms with Crippen LogP contribution in [0.5, 0.6) is 0 Å². The Balaban J connectivity index is 1.40. The first kappa shape index (κ1) is 22.0. The monoisotopic (exact) mass is 429 g/mol. The summed E-state index contributed by atoms with van der Waals surface area (Å²) in [6.07, 6.45) is 5.29. The first-order chi connectivity index (χ1) is 15.0. The molecule has 2 aliphatic rings. The van der Waals surface area contributed by atoms with Crippen molar-refractivity contribution in [3.05, 3.63) is 34.7 Å². The van der Waals surface area contributed by atoms with Gasteiger partial charge in [-0.2, -0.15) is 0 Å². The van der Waals surface area contributed by atoms with E-state index in [0.29, 0.717) is 13.2 Å². The van der Waals surface area contributed by atoms with E-state index in [1.807, 2.05) is 13.0 Å². The van der Waals surface area contributed by atoms with Crippen molar-refractivity contribution in [2.75, 3.05) is 33.9 Å². The Bertz CT molecular complexity index is 924. The Morgan fingerprint density at radius 2 is 1.81 bits per heavy atom. The second-order valence-electron chi connectivity index (χ2n) is 9.09. The number of rotatable bonds is 6. The zero-order chi connectivity index (χ0) is 22.0. The molecule has 4 rings (SSSR count). The van der Waals surface area contributed by atoms with Crippen LogP contribution in [0.3, 0.4) is 0 Å². The predicted octanol–water partition coefficient (Wildman–Crippen LogP) is 2.75. The summed E-state index contributed by atoms with van der Waals surface area (Å²) in [7, 11) is 3.40. The highest BCUT2D eigenvalue weighted by Gasteiger charge is 2.38. The van der Waals surface area contributed by atoms with Gasteiger partial charge in [0.05, 0.1) is 12.2 Å². The number of hydrogen-bond donors (Lipinski definition) is 0. The number of nitrogens with zero attached hydrogens (tertiary/aromatic N) is 5. The summed E-state index contributed by atoms with van der Waals surface area (Å²) in [5, 5.41) is 8.69. The van der Waals surface area contributed by atoms with E-state index in [1.165, 1.54) is 0 Å². The molecule has 8 nitrogen and oxygen atoms in total. The van der Waals surface area contributed by atoms with E-state index in [2.05, 4.69) is 31.2 Å². The molecule has 8 heteroatoms. The largest absolute Gasteiger partial charge is 0.383 e. The van der Waals surface area contributed by atoms with Crippen LogP contribution in [-0.4, -0.2) is 64.1 Å². The number of aromatic nitrogens is 4. The van der Waals surface area contributed by atoms with Gasteiger partial charge >= 0.3 is 0 Å². The summed E-state index contributed by atoms with van der Waals surface area (Å²) in [5.74, 6) is 2.16. The lowest BCUT2D eigenvalue weighted by Gasteiger charge is -2.41. The number of likely N-dealkylation sites (tertiary alicyclic amines) is 1. The molecule has 2 aromatic rings. The number of aryl methyl sites for hydroxylation is 2. The van der Waals surface area contributed by atoms with Crippen LogP contribution in [0.2, 0.25) is 0 Å². The van der Waals surface area contributed by atoms with Gasteiger partial charge in [0.1, 0.15) is 12.4 Å². The molecule has 31 heavy (non-hydrogen) atoms. The van der Waals surface area contributed by atoms with Gasteiger partial charge in [-0.1, -0.05) is 0 Å². The molecule has 0 saturated carbocycles. The second-order valence-corrected chi connectivity index (χ2v) is 9.09. The molecule has 0 aromatic carbocycles. The molecule has 2 aliphatic heterocycles. The van der Waals surface area contributed by atoms with Crippen LogP contribution >= 0.6 is 0 Å². The van der Waals surface area contributed by atoms with Gasteiger partial charge in [0.25, 0.3) is 5.91 Å². The lowest BCUT2D eigenvalue weighted by Crippen LogP contribution is -2.43. The average Bonchev–Trinajstić information content (AvgIpc) is 3.23. The van der Waals surface area contributed by atoms with Crippen molar-refractivity contribution in [3.8, 4) is 0 Å². The van der Waals surface area contributed by atoms with Gasteiger partial charge in [0.15, 0.2) is 5.82 Å². The maximum Gasteiger partial charge on any atom is 0.255 e. The van der Waals surface area contributed by atoms with Crippen LogP contribution in [0, 0.1) is 19.3 Å². The Labute approximate surface area is 184 Å². The Morgan fingerprint density at radius 3 is 2.52 bits per heavy atom. The second kappa shape index (κ2) is 9.12. The highest BCUT2D eigenvalue weighted by Crippen LogP contribution is 2.42. The highest BCUT2D eigenvalue weighted by molar-refractivity contribution is 5.95. The van der Waals surface area contributed by atoms with E-state index in [-0.39, 0.29) is 11.3 Å². The lowest BCUT2D eigenvalue weighted by atomic mass is 9.72. The molecule has 0 atom stereocenters. The fourth-order valence-corrected chi connectivity index (χ4v) is 5.30. The van der Waals surface area contributed by atoms with Gasteiger partial charge in [-0.25, -0.2) is 0 Å². The number of carbonyl (C=O) groups excluding carboxylic acids is 1. The molecular formula is C23H35N5O3. The van der Waals surface area contributed by atoms with E-state index in [4.69, 9.17) is 9.47 Å². The topological polar surface area (TPSA) is 74.4 Å². The smallest absolute Gasteiger partial charge is 0.255 e. The van der Waals surface area contributed by atoms with Crippen molar-refractivity contribution >= 4 is 5.91 Å². The number of ether oxygens (including phenoxy) is 2. The number of piperidine rings is 1. The number of methoxy groups -OCH3 is 2. The zero-order valence-electron chi connectivity index (χ0n) is 19.3. The van der Waals surface area contributed by atoms with Crippen molar-refractivity contribution in [1.82, 2.24) is 24.2 Å². The number of amides is 1. The van der Waals surface area contributed by atoms with Gasteiger partial charge in [-0.05, 0) is 51.0 Å². The summed E-state index contributed by atoms with van der Waals surface area (Å²) in [6, 6.07) is 2.03. The van der Waals surface area contributed by atoms with Gasteiger partial charge in [-0.15, -0.1) is 10.2 Å². The molecule has 1 spiro atoms. The Morgan fingerprint density at radius 1 is 1.06 bits per heavy atom. The SMILES string of the molecule is COCCn1c(C)cc(C(=O)N2CCC3(CCc4nnc(COC)n4CC3)CC2)c1C. The third-order valence-electron chi connectivity index (χ3n) is 7.36. The van der Waals surface area contributed by atoms with Gasteiger partial charge in [-0.3, -0.25) is 4.79 Å². The van der Waals surface area contributed by atoms with Gasteiger partial charge < -0.3 is 23.5 Å². The first-order valence-corrected chi connectivity index (χ1v) is 11.3. The molecule has 0 N–H and O–H groups in total. The third kappa shape index (κ3) is 4.28. The van der Waals surface area contributed by atoms with Crippen molar-refractivity contribution in [3.63, 3.8) is 0 Å². The molecule has 4 heterocycles. The summed E-state index contributed by atoms with van der Waals surface area (Å²) in [4.78, 5) is 15.3. The van der Waals surface area contributed by atoms with E-state index in [0.717, 1.165) is 86.9 Å². The van der Waals surface area contributed by atoms with Crippen LogP contribution in [0.1, 0.15) is 59.1 Å². The Hall–Kier alpha value is -2.19. The molecule has 0 radical (unpaired) electrons. The number of hydrogen-bond acceptors (Lipinski definition) is 5. The van der Waals surface area contributed by atoms with E-state index < -0.39 is 0 Å². The van der Waals surface area contributed by atoms with Gasteiger partial charge in [0, 0.05) is 58.2 Å². The maximum atomic E-state index is 13.3.